The molecule has 0 saturated heterocycles. The van der Waals surface area contributed by atoms with E-state index in [0.29, 0.717) is 16.3 Å². The molecule has 0 N–H and O–H groups in total. The summed E-state index contributed by atoms with van der Waals surface area (Å²) in [6, 6.07) is 11.8. The smallest absolute Gasteiger partial charge is 0.270 e. The molecule has 0 saturated carbocycles. The number of hydrogen-bond acceptors (Lipinski definition) is 4. The minimum Gasteiger partial charge on any atom is -0.294 e. The van der Waals surface area contributed by atoms with Crippen molar-refractivity contribution in [3.05, 3.63) is 68.7 Å². The largest absolute Gasteiger partial charge is 0.294 e. The van der Waals surface area contributed by atoms with E-state index in [1.54, 1.807) is 18.2 Å². The Labute approximate surface area is 131 Å². The van der Waals surface area contributed by atoms with Crippen LogP contribution in [0.2, 0.25) is 5.02 Å². The number of rotatable bonds is 5. The van der Waals surface area contributed by atoms with Crippen molar-refractivity contribution in [3.63, 3.8) is 0 Å². The maximum Gasteiger partial charge on any atom is 0.270 e. The summed E-state index contributed by atoms with van der Waals surface area (Å²) in [5.41, 5.74) is 1.37. The van der Waals surface area contributed by atoms with Gasteiger partial charge in [0.25, 0.3) is 5.69 Å². The number of benzene rings is 2. The lowest BCUT2D eigenvalue weighted by Gasteiger charge is -2.07. The summed E-state index contributed by atoms with van der Waals surface area (Å²) in [6.07, 6.45) is 0. The van der Waals surface area contributed by atoms with E-state index < -0.39 is 4.92 Å². The van der Waals surface area contributed by atoms with Gasteiger partial charge in [0.05, 0.1) is 4.92 Å². The molecule has 0 spiro atoms. The third-order valence-electron chi connectivity index (χ3n) is 2.86. The fourth-order valence-corrected chi connectivity index (χ4v) is 2.94. The first-order valence-electron chi connectivity index (χ1n) is 6.14. The Morgan fingerprint density at radius 2 is 1.90 bits per heavy atom. The summed E-state index contributed by atoms with van der Waals surface area (Å²) in [4.78, 5) is 22.7. The Balaban J connectivity index is 2.21. The van der Waals surface area contributed by atoms with Gasteiger partial charge in [0.15, 0.2) is 5.78 Å². The van der Waals surface area contributed by atoms with Crippen molar-refractivity contribution in [3.8, 4) is 0 Å². The minimum atomic E-state index is -0.500. The zero-order valence-electron chi connectivity index (χ0n) is 11.2. The number of carbonyl (C=O) groups excluding carboxylic acids is 1. The zero-order valence-corrected chi connectivity index (χ0v) is 12.8. The fourth-order valence-electron chi connectivity index (χ4n) is 1.77. The average molecular weight is 322 g/mol. The lowest BCUT2D eigenvalue weighted by Crippen LogP contribution is -1.98. The van der Waals surface area contributed by atoms with Gasteiger partial charge in [0, 0.05) is 33.4 Å². The monoisotopic (exact) mass is 321 g/mol. The summed E-state index contributed by atoms with van der Waals surface area (Å²) in [5.74, 6) is 0.479. The van der Waals surface area contributed by atoms with Crippen LogP contribution in [0, 0.1) is 10.1 Å². The van der Waals surface area contributed by atoms with E-state index in [1.807, 2.05) is 12.1 Å². The maximum atomic E-state index is 11.6. The van der Waals surface area contributed by atoms with Crippen molar-refractivity contribution in [2.24, 2.45) is 0 Å². The molecule has 0 amide bonds. The van der Waals surface area contributed by atoms with Gasteiger partial charge in [-0.3, -0.25) is 14.9 Å². The second kappa shape index (κ2) is 6.74. The van der Waals surface area contributed by atoms with Crippen molar-refractivity contribution in [1.29, 1.82) is 0 Å². The second-order valence-corrected chi connectivity index (χ2v) is 5.86. The van der Waals surface area contributed by atoms with Crippen molar-refractivity contribution in [2.45, 2.75) is 17.6 Å². The number of nitrogens with zero attached hydrogens (tertiary/aromatic N) is 1. The number of nitro groups is 1. The van der Waals surface area contributed by atoms with E-state index in [4.69, 9.17) is 11.6 Å². The number of carbonyl (C=O) groups is 1. The normalized spacial score (nSPS) is 10.4. The van der Waals surface area contributed by atoms with Gasteiger partial charge in [-0.15, -0.1) is 11.8 Å². The molecule has 0 aromatic heterocycles. The molecule has 0 aliphatic carbocycles. The van der Waals surface area contributed by atoms with Crippen LogP contribution in [-0.4, -0.2) is 10.7 Å². The summed E-state index contributed by atoms with van der Waals surface area (Å²) < 4.78 is 0. The summed E-state index contributed by atoms with van der Waals surface area (Å²) >= 11 is 7.30. The van der Waals surface area contributed by atoms with Gasteiger partial charge in [0.1, 0.15) is 0 Å². The van der Waals surface area contributed by atoms with Crippen LogP contribution in [0.3, 0.4) is 0 Å². The average Bonchev–Trinajstić information content (AvgIpc) is 2.46. The van der Waals surface area contributed by atoms with Gasteiger partial charge in [0.2, 0.25) is 0 Å². The predicted molar refractivity (Wildman–Crippen MR) is 84.1 cm³/mol. The highest BCUT2D eigenvalue weighted by molar-refractivity contribution is 7.98. The van der Waals surface area contributed by atoms with Gasteiger partial charge < -0.3 is 0 Å². The summed E-state index contributed by atoms with van der Waals surface area (Å²) in [6.45, 7) is 1.41. The van der Waals surface area contributed by atoms with E-state index in [2.05, 4.69) is 0 Å². The molecule has 0 atom stereocenters. The van der Waals surface area contributed by atoms with Gasteiger partial charge in [-0.2, -0.15) is 0 Å². The van der Waals surface area contributed by atoms with Gasteiger partial charge in [-0.25, -0.2) is 0 Å². The maximum absolute atomic E-state index is 11.6. The van der Waals surface area contributed by atoms with E-state index in [0.717, 1.165) is 10.5 Å². The molecule has 0 heterocycles. The molecular formula is C15H12ClNO3S. The van der Waals surface area contributed by atoms with Crippen LogP contribution in [0.1, 0.15) is 22.8 Å². The molecule has 0 aliphatic rings. The lowest BCUT2D eigenvalue weighted by atomic mass is 10.1. The molecule has 0 bridgehead atoms. The van der Waals surface area contributed by atoms with Crippen LogP contribution in [-0.2, 0) is 5.75 Å². The highest BCUT2D eigenvalue weighted by Crippen LogP contribution is 2.30. The van der Waals surface area contributed by atoms with Crippen molar-refractivity contribution >= 4 is 34.8 Å². The second-order valence-electron chi connectivity index (χ2n) is 4.41. The topological polar surface area (TPSA) is 60.2 Å². The number of non-ortho nitro benzene ring substituents is 1. The van der Waals surface area contributed by atoms with Crippen molar-refractivity contribution in [1.82, 2.24) is 0 Å². The highest BCUT2D eigenvalue weighted by Gasteiger charge is 2.14. The zero-order chi connectivity index (χ0) is 15.4. The number of halogens is 1. The minimum absolute atomic E-state index is 0.0731. The molecule has 2 aromatic carbocycles. The Kier molecular flexibility index (Phi) is 4.98. The third kappa shape index (κ3) is 4.06. The standard InChI is InChI=1S/C15H12ClNO3S/c1-10(18)14-8-13(17(19)20)6-7-15(14)21-9-11-2-4-12(16)5-3-11/h2-8H,9H2,1H3. The van der Waals surface area contributed by atoms with Crippen LogP contribution in [0.15, 0.2) is 47.4 Å². The molecule has 0 unspecified atom stereocenters. The number of ketones is 1. The molecule has 2 rings (SSSR count). The van der Waals surface area contributed by atoms with Gasteiger partial charge in [-0.1, -0.05) is 23.7 Å². The summed E-state index contributed by atoms with van der Waals surface area (Å²) in [5, 5.41) is 11.4. The Morgan fingerprint density at radius 3 is 2.48 bits per heavy atom. The van der Waals surface area contributed by atoms with E-state index in [-0.39, 0.29) is 11.5 Å². The van der Waals surface area contributed by atoms with E-state index >= 15 is 0 Å². The molecule has 2 aromatic rings. The SMILES string of the molecule is CC(=O)c1cc([N+](=O)[O-])ccc1SCc1ccc(Cl)cc1. The molecule has 0 radical (unpaired) electrons. The Morgan fingerprint density at radius 1 is 1.24 bits per heavy atom. The Bertz CT molecular complexity index is 686. The Hall–Kier alpha value is -1.85. The van der Waals surface area contributed by atoms with Crippen LogP contribution in [0.25, 0.3) is 0 Å². The highest BCUT2D eigenvalue weighted by atomic mass is 35.5. The summed E-state index contributed by atoms with van der Waals surface area (Å²) in [7, 11) is 0. The predicted octanol–water partition coefficient (Wildman–Crippen LogP) is 4.74. The first kappa shape index (κ1) is 15.5. The number of hydrogen-bond donors (Lipinski definition) is 0. The fraction of sp³-hybridized carbons (Fsp3) is 0.133. The van der Waals surface area contributed by atoms with Crippen molar-refractivity contribution in [2.75, 3.05) is 0 Å². The molecule has 0 aliphatic heterocycles. The number of Topliss-reactive ketones (excluding diaryl/α,β-unsaturated/α-hetero) is 1. The first-order chi connectivity index (χ1) is 9.97. The quantitative estimate of drug-likeness (QED) is 0.345. The number of thioether (sulfide) groups is 1. The molecule has 0 fully saturated rings. The molecular weight excluding hydrogens is 310 g/mol. The molecule has 21 heavy (non-hydrogen) atoms. The van der Waals surface area contributed by atoms with Crippen molar-refractivity contribution < 1.29 is 9.72 Å². The van der Waals surface area contributed by atoms with E-state index in [1.165, 1.54) is 30.8 Å². The van der Waals surface area contributed by atoms with Crippen LogP contribution in [0.5, 0.6) is 0 Å². The van der Waals surface area contributed by atoms with Gasteiger partial charge >= 0.3 is 0 Å². The molecule has 108 valence electrons. The third-order valence-corrected chi connectivity index (χ3v) is 4.26. The first-order valence-corrected chi connectivity index (χ1v) is 7.50. The van der Waals surface area contributed by atoms with Crippen LogP contribution in [0.4, 0.5) is 5.69 Å². The van der Waals surface area contributed by atoms with Crippen LogP contribution < -0.4 is 0 Å². The number of nitro benzene ring substituents is 1. The van der Waals surface area contributed by atoms with E-state index in [9.17, 15) is 14.9 Å². The molecule has 6 heteroatoms. The van der Waals surface area contributed by atoms with Crippen LogP contribution >= 0.6 is 23.4 Å². The lowest BCUT2D eigenvalue weighted by molar-refractivity contribution is -0.384. The van der Waals surface area contributed by atoms with Gasteiger partial charge in [-0.05, 0) is 30.7 Å². The molecule has 4 nitrogen and oxygen atoms in total.